The van der Waals surface area contributed by atoms with E-state index in [0.29, 0.717) is 19.0 Å². The number of hydrogen-bond acceptors (Lipinski definition) is 4. The van der Waals surface area contributed by atoms with Gasteiger partial charge in [0.2, 0.25) is 0 Å². The van der Waals surface area contributed by atoms with Crippen LogP contribution in [0.2, 0.25) is 0 Å². The van der Waals surface area contributed by atoms with Gasteiger partial charge >= 0.3 is 5.97 Å². The van der Waals surface area contributed by atoms with E-state index in [9.17, 15) is 4.79 Å². The van der Waals surface area contributed by atoms with E-state index in [4.69, 9.17) is 5.73 Å². The Morgan fingerprint density at radius 1 is 1.75 bits per heavy atom. The van der Waals surface area contributed by atoms with E-state index in [1.807, 2.05) is 0 Å². The highest BCUT2D eigenvalue weighted by molar-refractivity contribution is 5.76. The van der Waals surface area contributed by atoms with Crippen LogP contribution < -0.4 is 11.1 Å². The third-order valence-corrected chi connectivity index (χ3v) is 2.06. The van der Waals surface area contributed by atoms with Crippen molar-refractivity contribution in [1.29, 1.82) is 0 Å². The van der Waals surface area contributed by atoms with Crippen LogP contribution in [-0.4, -0.2) is 32.2 Å². The second-order valence-electron chi connectivity index (χ2n) is 3.08. The van der Waals surface area contributed by atoms with Gasteiger partial charge in [-0.2, -0.15) is 0 Å². The van der Waals surface area contributed by atoms with Crippen LogP contribution in [0.25, 0.3) is 0 Å². The number of nitrogens with two attached hydrogens (primary N) is 1. The topological polar surface area (TPSA) is 64.3 Å². The lowest BCUT2D eigenvalue weighted by atomic mass is 10.2. The molecule has 0 radical (unpaired) electrons. The van der Waals surface area contributed by atoms with Crippen LogP contribution in [0.15, 0.2) is 0 Å². The number of hydrogen-bond donors (Lipinski definition) is 2. The lowest BCUT2D eigenvalue weighted by Gasteiger charge is -2.14. The number of methoxy groups -OCH3 is 1. The van der Waals surface area contributed by atoms with E-state index in [0.717, 1.165) is 12.8 Å². The Morgan fingerprint density at radius 3 is 2.83 bits per heavy atom. The molecule has 1 saturated carbocycles. The Balaban J connectivity index is 2.32. The summed E-state index contributed by atoms with van der Waals surface area (Å²) in [7, 11) is 1.42. The van der Waals surface area contributed by atoms with Crippen LogP contribution in [-0.2, 0) is 9.53 Å². The number of carbonyl (C=O) groups excluding carboxylic acids is 1. The molecule has 0 aromatic carbocycles. The van der Waals surface area contributed by atoms with Gasteiger partial charge in [0.05, 0.1) is 7.11 Å². The maximum atomic E-state index is 11.2. The average Bonchev–Trinajstić information content (AvgIpc) is 2.88. The lowest BCUT2D eigenvalue weighted by molar-refractivity contribution is -0.143. The van der Waals surface area contributed by atoms with Crippen molar-refractivity contribution in [3.63, 3.8) is 0 Å². The van der Waals surface area contributed by atoms with E-state index >= 15 is 0 Å². The zero-order valence-corrected chi connectivity index (χ0v) is 7.38. The van der Waals surface area contributed by atoms with E-state index < -0.39 is 0 Å². The van der Waals surface area contributed by atoms with Crippen molar-refractivity contribution in [3.05, 3.63) is 0 Å². The highest BCUT2D eigenvalue weighted by Gasteiger charge is 2.36. The second-order valence-corrected chi connectivity index (χ2v) is 3.08. The molecule has 0 heterocycles. The minimum Gasteiger partial charge on any atom is -0.468 e. The first-order valence-corrected chi connectivity index (χ1v) is 4.31. The molecule has 0 spiro atoms. The summed E-state index contributed by atoms with van der Waals surface area (Å²) in [6.45, 7) is 1.23. The standard InChI is InChI=1S/C8H16N2O2/c1-12-8(11)7(6-2-3-6)10-5-4-9/h6-7,10H,2-5,9H2,1H3. The molecule has 0 amide bonds. The molecule has 1 aliphatic rings. The third kappa shape index (κ3) is 2.46. The van der Waals surface area contributed by atoms with Crippen molar-refractivity contribution < 1.29 is 9.53 Å². The smallest absolute Gasteiger partial charge is 0.323 e. The number of esters is 1. The molecule has 12 heavy (non-hydrogen) atoms. The van der Waals surface area contributed by atoms with Gasteiger partial charge in [-0.1, -0.05) is 0 Å². The molecule has 4 nitrogen and oxygen atoms in total. The molecular formula is C8H16N2O2. The molecule has 0 aromatic rings. The molecule has 0 aliphatic heterocycles. The van der Waals surface area contributed by atoms with E-state index in [2.05, 4.69) is 10.1 Å². The van der Waals surface area contributed by atoms with Gasteiger partial charge in [0.1, 0.15) is 6.04 Å². The minimum atomic E-state index is -0.161. The Labute approximate surface area is 72.5 Å². The highest BCUT2D eigenvalue weighted by atomic mass is 16.5. The number of nitrogens with one attached hydrogen (secondary N) is 1. The molecule has 3 N–H and O–H groups in total. The van der Waals surface area contributed by atoms with Gasteiger partial charge in [0.15, 0.2) is 0 Å². The van der Waals surface area contributed by atoms with Crippen LogP contribution in [0.4, 0.5) is 0 Å². The van der Waals surface area contributed by atoms with E-state index in [1.54, 1.807) is 0 Å². The molecule has 0 bridgehead atoms. The molecule has 70 valence electrons. The molecule has 0 aromatic heterocycles. The first kappa shape index (κ1) is 9.48. The summed E-state index contributed by atoms with van der Waals surface area (Å²) in [5, 5.41) is 3.08. The molecule has 0 saturated heterocycles. The van der Waals surface area contributed by atoms with Crippen molar-refractivity contribution in [3.8, 4) is 0 Å². The zero-order valence-electron chi connectivity index (χ0n) is 7.38. The maximum Gasteiger partial charge on any atom is 0.323 e. The van der Waals surface area contributed by atoms with Crippen molar-refractivity contribution in [1.82, 2.24) is 5.32 Å². The first-order valence-electron chi connectivity index (χ1n) is 4.31. The van der Waals surface area contributed by atoms with Crippen LogP contribution in [0.5, 0.6) is 0 Å². The van der Waals surface area contributed by atoms with Gasteiger partial charge in [0, 0.05) is 13.1 Å². The van der Waals surface area contributed by atoms with Crippen molar-refractivity contribution in [2.24, 2.45) is 11.7 Å². The third-order valence-electron chi connectivity index (χ3n) is 2.06. The number of rotatable bonds is 5. The van der Waals surface area contributed by atoms with Crippen molar-refractivity contribution in [2.75, 3.05) is 20.2 Å². The minimum absolute atomic E-state index is 0.126. The quantitative estimate of drug-likeness (QED) is 0.548. The Morgan fingerprint density at radius 2 is 2.42 bits per heavy atom. The number of ether oxygens (including phenoxy) is 1. The predicted octanol–water partition coefficient (Wildman–Crippen LogP) is -0.514. The van der Waals surface area contributed by atoms with Crippen molar-refractivity contribution >= 4 is 5.97 Å². The summed E-state index contributed by atoms with van der Waals surface area (Å²) in [6, 6.07) is -0.126. The molecule has 1 atom stereocenters. The molecule has 1 fully saturated rings. The normalized spacial score (nSPS) is 18.8. The fourth-order valence-electron chi connectivity index (χ4n) is 1.24. The fraction of sp³-hybridized carbons (Fsp3) is 0.875. The van der Waals surface area contributed by atoms with Crippen LogP contribution in [0.3, 0.4) is 0 Å². The van der Waals surface area contributed by atoms with Crippen molar-refractivity contribution in [2.45, 2.75) is 18.9 Å². The molecular weight excluding hydrogens is 156 g/mol. The van der Waals surface area contributed by atoms with Crippen LogP contribution in [0, 0.1) is 5.92 Å². The monoisotopic (exact) mass is 172 g/mol. The summed E-state index contributed by atoms with van der Waals surface area (Å²) in [4.78, 5) is 11.2. The summed E-state index contributed by atoms with van der Waals surface area (Å²) >= 11 is 0. The number of carbonyl (C=O) groups is 1. The largest absolute Gasteiger partial charge is 0.468 e. The summed E-state index contributed by atoms with van der Waals surface area (Å²) in [6.07, 6.45) is 2.24. The van der Waals surface area contributed by atoms with Gasteiger partial charge < -0.3 is 15.8 Å². The molecule has 1 unspecified atom stereocenters. The highest BCUT2D eigenvalue weighted by Crippen LogP contribution is 2.32. The Kier molecular flexibility index (Phi) is 3.49. The molecule has 1 aliphatic carbocycles. The molecule has 4 heteroatoms. The van der Waals surface area contributed by atoms with Gasteiger partial charge in [-0.15, -0.1) is 0 Å². The first-order chi connectivity index (χ1) is 5.79. The van der Waals surface area contributed by atoms with E-state index in [-0.39, 0.29) is 12.0 Å². The summed E-state index contributed by atoms with van der Waals surface area (Å²) < 4.78 is 4.67. The van der Waals surface area contributed by atoms with Gasteiger partial charge in [-0.3, -0.25) is 4.79 Å². The van der Waals surface area contributed by atoms with Gasteiger partial charge in [-0.05, 0) is 18.8 Å². The fourth-order valence-corrected chi connectivity index (χ4v) is 1.24. The SMILES string of the molecule is COC(=O)C(NCCN)C1CC1. The Hall–Kier alpha value is -0.610. The lowest BCUT2D eigenvalue weighted by Crippen LogP contribution is -2.41. The molecule has 1 rings (SSSR count). The Bertz CT molecular complexity index is 157. The average molecular weight is 172 g/mol. The van der Waals surface area contributed by atoms with E-state index in [1.165, 1.54) is 7.11 Å². The predicted molar refractivity (Wildman–Crippen MR) is 45.6 cm³/mol. The van der Waals surface area contributed by atoms with Gasteiger partial charge in [0.25, 0.3) is 0 Å². The van der Waals surface area contributed by atoms with Crippen LogP contribution in [0.1, 0.15) is 12.8 Å². The van der Waals surface area contributed by atoms with Gasteiger partial charge in [-0.25, -0.2) is 0 Å². The summed E-state index contributed by atoms with van der Waals surface area (Å²) in [5.74, 6) is 0.315. The zero-order chi connectivity index (χ0) is 8.97. The second kappa shape index (κ2) is 4.42. The maximum absolute atomic E-state index is 11.2. The van der Waals surface area contributed by atoms with Crippen LogP contribution >= 0.6 is 0 Å². The summed E-state index contributed by atoms with van der Waals surface area (Å²) in [5.41, 5.74) is 5.32.